The third kappa shape index (κ3) is 3.50. The second-order valence-electron chi connectivity index (χ2n) is 5.65. The summed E-state index contributed by atoms with van der Waals surface area (Å²) in [4.78, 5) is 2.29. The Bertz CT molecular complexity index is 448. The number of hydrogen-bond acceptors (Lipinski definition) is 3. The van der Waals surface area contributed by atoms with Crippen LogP contribution < -0.4 is 10.2 Å². The molecule has 1 saturated heterocycles. The van der Waals surface area contributed by atoms with E-state index in [9.17, 15) is 5.11 Å². The van der Waals surface area contributed by atoms with E-state index >= 15 is 0 Å². The summed E-state index contributed by atoms with van der Waals surface area (Å²) in [6.07, 6.45) is 0.831. The molecular formula is C15H23BrN2O. The Kier molecular flexibility index (Phi) is 4.54. The lowest BCUT2D eigenvalue weighted by atomic mass is 10.0. The molecule has 0 aliphatic carbocycles. The molecule has 106 valence electrons. The van der Waals surface area contributed by atoms with Gasteiger partial charge in [-0.1, -0.05) is 22.9 Å². The number of hydrogen-bond donors (Lipinski definition) is 2. The van der Waals surface area contributed by atoms with Crippen LogP contribution in [0, 0.1) is 0 Å². The molecule has 1 fully saturated rings. The standard InChI is InChI=1S/C15H23BrN2O/c1-4-17-11(2)13-9-12(16)5-6-14(13)18-8-7-15(3,19)10-18/h5-6,9,11,17,19H,4,7-8,10H2,1-3H3. The van der Waals surface area contributed by atoms with Gasteiger partial charge < -0.3 is 15.3 Å². The molecule has 4 heteroatoms. The quantitative estimate of drug-likeness (QED) is 0.892. The summed E-state index contributed by atoms with van der Waals surface area (Å²) in [6, 6.07) is 6.71. The molecule has 2 unspecified atom stereocenters. The van der Waals surface area contributed by atoms with Gasteiger partial charge in [0, 0.05) is 29.3 Å². The molecule has 1 heterocycles. The van der Waals surface area contributed by atoms with E-state index in [1.165, 1.54) is 11.3 Å². The first kappa shape index (κ1) is 14.8. The topological polar surface area (TPSA) is 35.5 Å². The van der Waals surface area contributed by atoms with Gasteiger partial charge in [-0.15, -0.1) is 0 Å². The van der Waals surface area contributed by atoms with Crippen molar-refractivity contribution in [1.29, 1.82) is 0 Å². The Labute approximate surface area is 124 Å². The molecule has 0 spiro atoms. The van der Waals surface area contributed by atoms with Crippen LogP contribution in [0.5, 0.6) is 0 Å². The molecule has 1 aliphatic heterocycles. The number of halogens is 1. The predicted octanol–water partition coefficient (Wildman–Crippen LogP) is 3.08. The Hall–Kier alpha value is -0.580. The van der Waals surface area contributed by atoms with Crippen LogP contribution >= 0.6 is 15.9 Å². The number of rotatable bonds is 4. The molecule has 3 nitrogen and oxygen atoms in total. The smallest absolute Gasteiger partial charge is 0.0810 e. The number of benzene rings is 1. The molecule has 2 rings (SSSR count). The molecular weight excluding hydrogens is 304 g/mol. The number of β-amino-alcohol motifs (C(OH)–C–C–N with tert-alkyl or cyclic N) is 1. The van der Waals surface area contributed by atoms with Gasteiger partial charge in [-0.3, -0.25) is 0 Å². The molecule has 0 radical (unpaired) electrons. The minimum atomic E-state index is -0.564. The summed E-state index contributed by atoms with van der Waals surface area (Å²) in [5.74, 6) is 0. The van der Waals surface area contributed by atoms with E-state index in [4.69, 9.17) is 0 Å². The zero-order chi connectivity index (χ0) is 14.0. The van der Waals surface area contributed by atoms with Gasteiger partial charge in [-0.2, -0.15) is 0 Å². The maximum atomic E-state index is 10.1. The third-order valence-corrected chi connectivity index (χ3v) is 4.25. The Balaban J connectivity index is 2.29. The molecule has 2 N–H and O–H groups in total. The average Bonchev–Trinajstić information content (AvgIpc) is 2.70. The van der Waals surface area contributed by atoms with Crippen molar-refractivity contribution in [1.82, 2.24) is 5.32 Å². The third-order valence-electron chi connectivity index (χ3n) is 3.76. The van der Waals surface area contributed by atoms with Crippen molar-refractivity contribution in [2.75, 3.05) is 24.5 Å². The van der Waals surface area contributed by atoms with Crippen molar-refractivity contribution in [3.05, 3.63) is 28.2 Å². The fourth-order valence-electron chi connectivity index (χ4n) is 2.73. The summed E-state index contributed by atoms with van der Waals surface area (Å²) in [5, 5.41) is 13.6. The summed E-state index contributed by atoms with van der Waals surface area (Å²) in [6.45, 7) is 8.79. The van der Waals surface area contributed by atoms with E-state index in [0.717, 1.165) is 24.0 Å². The number of aliphatic hydroxyl groups is 1. The number of anilines is 1. The number of nitrogens with zero attached hydrogens (tertiary/aromatic N) is 1. The lowest BCUT2D eigenvalue weighted by Gasteiger charge is -2.26. The maximum absolute atomic E-state index is 10.1. The van der Waals surface area contributed by atoms with E-state index < -0.39 is 5.60 Å². The molecule has 1 aromatic carbocycles. The summed E-state index contributed by atoms with van der Waals surface area (Å²) >= 11 is 3.55. The van der Waals surface area contributed by atoms with Crippen LogP contribution in [0.25, 0.3) is 0 Å². The van der Waals surface area contributed by atoms with Crippen molar-refractivity contribution in [3.63, 3.8) is 0 Å². The zero-order valence-electron chi connectivity index (χ0n) is 11.9. The van der Waals surface area contributed by atoms with E-state index in [2.05, 4.69) is 58.2 Å². The molecule has 0 amide bonds. The normalized spacial score (nSPS) is 24.8. The second kappa shape index (κ2) is 5.81. The largest absolute Gasteiger partial charge is 0.388 e. The van der Waals surface area contributed by atoms with Crippen molar-refractivity contribution in [2.24, 2.45) is 0 Å². The fraction of sp³-hybridized carbons (Fsp3) is 0.600. The maximum Gasteiger partial charge on any atom is 0.0810 e. The van der Waals surface area contributed by atoms with Crippen LogP contribution in [0.2, 0.25) is 0 Å². The SMILES string of the molecule is CCNC(C)c1cc(Br)ccc1N1CCC(C)(O)C1. The summed E-state index contributed by atoms with van der Waals surface area (Å²) in [7, 11) is 0. The van der Waals surface area contributed by atoms with Crippen LogP contribution in [0.3, 0.4) is 0 Å². The van der Waals surface area contributed by atoms with Gasteiger partial charge in [0.15, 0.2) is 0 Å². The zero-order valence-corrected chi connectivity index (χ0v) is 13.5. The highest BCUT2D eigenvalue weighted by molar-refractivity contribution is 9.10. The van der Waals surface area contributed by atoms with Crippen LogP contribution in [-0.2, 0) is 0 Å². The minimum Gasteiger partial charge on any atom is -0.388 e. The van der Waals surface area contributed by atoms with Crippen LogP contribution in [0.15, 0.2) is 22.7 Å². The van der Waals surface area contributed by atoms with Gasteiger partial charge in [0.05, 0.1) is 5.60 Å². The first-order valence-electron chi connectivity index (χ1n) is 6.93. The summed E-state index contributed by atoms with van der Waals surface area (Å²) < 4.78 is 1.10. The second-order valence-corrected chi connectivity index (χ2v) is 6.57. The molecule has 0 saturated carbocycles. The minimum absolute atomic E-state index is 0.308. The van der Waals surface area contributed by atoms with E-state index in [1.807, 2.05) is 6.92 Å². The van der Waals surface area contributed by atoms with Crippen molar-refractivity contribution in [3.8, 4) is 0 Å². The number of nitrogens with one attached hydrogen (secondary N) is 1. The van der Waals surface area contributed by atoms with E-state index in [0.29, 0.717) is 12.6 Å². The van der Waals surface area contributed by atoms with Gasteiger partial charge in [0.25, 0.3) is 0 Å². The highest BCUT2D eigenvalue weighted by atomic mass is 79.9. The lowest BCUT2D eigenvalue weighted by molar-refractivity contribution is 0.0839. The van der Waals surface area contributed by atoms with Crippen molar-refractivity contribution >= 4 is 21.6 Å². The molecule has 0 aromatic heterocycles. The van der Waals surface area contributed by atoms with Crippen LogP contribution in [-0.4, -0.2) is 30.3 Å². The molecule has 19 heavy (non-hydrogen) atoms. The molecule has 0 bridgehead atoms. The van der Waals surface area contributed by atoms with Gasteiger partial charge in [0.1, 0.15) is 0 Å². The summed E-state index contributed by atoms with van der Waals surface area (Å²) in [5.41, 5.74) is 1.95. The Morgan fingerprint density at radius 3 is 2.84 bits per heavy atom. The van der Waals surface area contributed by atoms with E-state index in [1.54, 1.807) is 0 Å². The van der Waals surface area contributed by atoms with Gasteiger partial charge in [-0.05, 0) is 50.6 Å². The monoisotopic (exact) mass is 326 g/mol. The van der Waals surface area contributed by atoms with Gasteiger partial charge in [-0.25, -0.2) is 0 Å². The molecule has 1 aromatic rings. The van der Waals surface area contributed by atoms with Crippen molar-refractivity contribution < 1.29 is 5.11 Å². The highest BCUT2D eigenvalue weighted by Crippen LogP contribution is 2.33. The molecule has 1 aliphatic rings. The Morgan fingerprint density at radius 1 is 1.53 bits per heavy atom. The van der Waals surface area contributed by atoms with Crippen LogP contribution in [0.1, 0.15) is 38.8 Å². The van der Waals surface area contributed by atoms with Crippen LogP contribution in [0.4, 0.5) is 5.69 Å². The van der Waals surface area contributed by atoms with Crippen molar-refractivity contribution in [2.45, 2.75) is 38.8 Å². The lowest BCUT2D eigenvalue weighted by Crippen LogP contribution is -2.31. The fourth-order valence-corrected chi connectivity index (χ4v) is 3.11. The average molecular weight is 327 g/mol. The first-order valence-corrected chi connectivity index (χ1v) is 7.72. The van der Waals surface area contributed by atoms with Gasteiger partial charge >= 0.3 is 0 Å². The predicted molar refractivity (Wildman–Crippen MR) is 83.7 cm³/mol. The van der Waals surface area contributed by atoms with Gasteiger partial charge in [0.2, 0.25) is 0 Å². The highest BCUT2D eigenvalue weighted by Gasteiger charge is 2.32. The first-order chi connectivity index (χ1) is 8.93. The molecule has 2 atom stereocenters. The van der Waals surface area contributed by atoms with E-state index in [-0.39, 0.29) is 0 Å². The Morgan fingerprint density at radius 2 is 2.26 bits per heavy atom.